The second kappa shape index (κ2) is 5.66. The van der Waals surface area contributed by atoms with Gasteiger partial charge in [-0.2, -0.15) is 0 Å². The normalized spacial score (nSPS) is 32.0. The number of fused-ring (bicyclic) bond motifs is 1. The van der Waals surface area contributed by atoms with Crippen molar-refractivity contribution in [1.82, 2.24) is 0 Å². The van der Waals surface area contributed by atoms with E-state index in [4.69, 9.17) is 5.73 Å². The van der Waals surface area contributed by atoms with Gasteiger partial charge in [-0.05, 0) is 54.6 Å². The van der Waals surface area contributed by atoms with Crippen LogP contribution in [0.2, 0.25) is 0 Å². The summed E-state index contributed by atoms with van der Waals surface area (Å²) in [4.78, 5) is 0. The molecule has 2 unspecified atom stereocenters. The molecule has 0 bridgehead atoms. The molecular weight excluding hydrogens is 230 g/mol. The van der Waals surface area contributed by atoms with E-state index in [-0.39, 0.29) is 0 Å². The molecule has 104 valence electrons. The van der Waals surface area contributed by atoms with Crippen molar-refractivity contribution in [1.29, 1.82) is 0 Å². The molecule has 0 aromatic heterocycles. The molecule has 1 saturated carbocycles. The minimum atomic E-state index is 0.390. The van der Waals surface area contributed by atoms with Gasteiger partial charge in [-0.1, -0.05) is 50.5 Å². The van der Waals surface area contributed by atoms with Gasteiger partial charge in [-0.25, -0.2) is 0 Å². The fourth-order valence-corrected chi connectivity index (χ4v) is 4.30. The zero-order valence-electron chi connectivity index (χ0n) is 12.1. The molecule has 1 heteroatoms. The number of benzene rings is 1. The summed E-state index contributed by atoms with van der Waals surface area (Å²) >= 11 is 0. The predicted octanol–water partition coefficient (Wildman–Crippen LogP) is 4.26. The van der Waals surface area contributed by atoms with Gasteiger partial charge in [0.05, 0.1) is 0 Å². The van der Waals surface area contributed by atoms with Gasteiger partial charge in [0.2, 0.25) is 0 Å². The Morgan fingerprint density at radius 1 is 1.11 bits per heavy atom. The van der Waals surface area contributed by atoms with Gasteiger partial charge in [0.1, 0.15) is 0 Å². The minimum Gasteiger partial charge on any atom is -0.327 e. The van der Waals surface area contributed by atoms with Crippen LogP contribution in [-0.2, 0) is 6.42 Å². The molecule has 0 aliphatic heterocycles. The lowest BCUT2D eigenvalue weighted by atomic mass is 9.73. The summed E-state index contributed by atoms with van der Waals surface area (Å²) in [7, 11) is 0. The van der Waals surface area contributed by atoms with Crippen LogP contribution in [0.4, 0.5) is 0 Å². The highest BCUT2D eigenvalue weighted by molar-refractivity contribution is 5.36. The van der Waals surface area contributed by atoms with Crippen molar-refractivity contribution in [3.63, 3.8) is 0 Å². The van der Waals surface area contributed by atoms with E-state index in [1.54, 1.807) is 11.1 Å². The van der Waals surface area contributed by atoms with E-state index >= 15 is 0 Å². The van der Waals surface area contributed by atoms with Crippen LogP contribution in [-0.4, -0.2) is 6.04 Å². The van der Waals surface area contributed by atoms with Crippen LogP contribution in [0.25, 0.3) is 0 Å². The largest absolute Gasteiger partial charge is 0.327 e. The maximum absolute atomic E-state index is 6.66. The molecule has 2 N–H and O–H groups in total. The minimum absolute atomic E-state index is 0.390. The van der Waals surface area contributed by atoms with Crippen molar-refractivity contribution in [2.75, 3.05) is 0 Å². The molecule has 1 nitrogen and oxygen atoms in total. The third-order valence-electron chi connectivity index (χ3n) is 5.66. The highest BCUT2D eigenvalue weighted by Crippen LogP contribution is 2.41. The first-order valence-electron chi connectivity index (χ1n) is 8.13. The van der Waals surface area contributed by atoms with Crippen molar-refractivity contribution in [2.24, 2.45) is 17.6 Å². The summed E-state index contributed by atoms with van der Waals surface area (Å²) in [6, 6.07) is 9.33. The summed E-state index contributed by atoms with van der Waals surface area (Å²) < 4.78 is 0. The number of hydrogen-bond acceptors (Lipinski definition) is 1. The summed E-state index contributed by atoms with van der Waals surface area (Å²) in [6.07, 6.45) is 9.39. The van der Waals surface area contributed by atoms with Crippen LogP contribution in [0.3, 0.4) is 0 Å². The van der Waals surface area contributed by atoms with Crippen molar-refractivity contribution in [2.45, 2.75) is 63.8 Å². The second-order valence-electron chi connectivity index (χ2n) is 6.61. The molecule has 0 spiro atoms. The van der Waals surface area contributed by atoms with E-state index in [2.05, 4.69) is 31.2 Å². The Hall–Kier alpha value is -0.820. The first-order valence-corrected chi connectivity index (χ1v) is 8.13. The first kappa shape index (κ1) is 13.2. The fourth-order valence-electron chi connectivity index (χ4n) is 4.30. The monoisotopic (exact) mass is 257 g/mol. The standard InChI is InChI=1S/C18H27N/c1-2-13-7-9-15(10-8-13)18(19)17-12-11-14-5-3-4-6-16(14)17/h3-6,13,15,17-18H,2,7-12,19H2,1H3. The molecule has 1 fully saturated rings. The van der Waals surface area contributed by atoms with Gasteiger partial charge in [0.25, 0.3) is 0 Å². The van der Waals surface area contributed by atoms with E-state index in [9.17, 15) is 0 Å². The topological polar surface area (TPSA) is 26.0 Å². The Balaban J connectivity index is 1.67. The molecule has 19 heavy (non-hydrogen) atoms. The summed E-state index contributed by atoms with van der Waals surface area (Å²) in [5, 5.41) is 0. The van der Waals surface area contributed by atoms with Crippen LogP contribution in [0.1, 0.15) is 62.5 Å². The maximum atomic E-state index is 6.66. The quantitative estimate of drug-likeness (QED) is 0.860. The van der Waals surface area contributed by atoms with E-state index in [1.807, 2.05) is 0 Å². The van der Waals surface area contributed by atoms with Crippen molar-refractivity contribution >= 4 is 0 Å². The Labute approximate surface area is 117 Å². The molecule has 2 atom stereocenters. The average Bonchev–Trinajstić information content (AvgIpc) is 2.90. The highest BCUT2D eigenvalue weighted by Gasteiger charge is 2.33. The molecular formula is C18H27N. The Morgan fingerprint density at radius 3 is 2.58 bits per heavy atom. The molecule has 3 rings (SSSR count). The summed E-state index contributed by atoms with van der Waals surface area (Å²) in [5.74, 6) is 2.36. The number of nitrogens with two attached hydrogens (primary N) is 1. The molecule has 1 aromatic carbocycles. The Kier molecular flexibility index (Phi) is 3.93. The van der Waals surface area contributed by atoms with Gasteiger partial charge < -0.3 is 5.73 Å². The van der Waals surface area contributed by atoms with Crippen LogP contribution in [0.15, 0.2) is 24.3 Å². The van der Waals surface area contributed by atoms with Crippen molar-refractivity contribution in [3.05, 3.63) is 35.4 Å². The van der Waals surface area contributed by atoms with Gasteiger partial charge in [0, 0.05) is 6.04 Å². The smallest absolute Gasteiger partial charge is 0.0136 e. The lowest BCUT2D eigenvalue weighted by Gasteiger charge is -2.34. The number of aryl methyl sites for hydroxylation is 1. The molecule has 1 aromatic rings. The van der Waals surface area contributed by atoms with Crippen LogP contribution >= 0.6 is 0 Å². The van der Waals surface area contributed by atoms with Gasteiger partial charge in [0.15, 0.2) is 0 Å². The first-order chi connectivity index (χ1) is 9.29. The fraction of sp³-hybridized carbons (Fsp3) is 0.667. The van der Waals surface area contributed by atoms with E-state index in [0.29, 0.717) is 12.0 Å². The summed E-state index contributed by atoms with van der Waals surface area (Å²) in [5.41, 5.74) is 9.75. The molecule has 0 amide bonds. The zero-order chi connectivity index (χ0) is 13.2. The lowest BCUT2D eigenvalue weighted by Crippen LogP contribution is -2.37. The number of rotatable bonds is 3. The van der Waals surface area contributed by atoms with Gasteiger partial charge >= 0.3 is 0 Å². The SMILES string of the molecule is CCC1CCC(C(N)C2CCc3ccccc32)CC1. The van der Waals surface area contributed by atoms with E-state index in [1.165, 1.54) is 44.9 Å². The molecule has 0 heterocycles. The Morgan fingerprint density at radius 2 is 1.84 bits per heavy atom. The van der Waals surface area contributed by atoms with Gasteiger partial charge in [-0.3, -0.25) is 0 Å². The third-order valence-corrected chi connectivity index (χ3v) is 5.66. The third kappa shape index (κ3) is 2.58. The van der Waals surface area contributed by atoms with Crippen LogP contribution in [0.5, 0.6) is 0 Å². The molecule has 2 aliphatic carbocycles. The number of hydrogen-bond donors (Lipinski definition) is 1. The van der Waals surface area contributed by atoms with Crippen molar-refractivity contribution < 1.29 is 0 Å². The average molecular weight is 257 g/mol. The molecule has 2 aliphatic rings. The van der Waals surface area contributed by atoms with Gasteiger partial charge in [-0.15, -0.1) is 0 Å². The van der Waals surface area contributed by atoms with Crippen LogP contribution in [0, 0.1) is 11.8 Å². The molecule has 0 saturated heterocycles. The Bertz CT molecular complexity index is 417. The van der Waals surface area contributed by atoms with Crippen molar-refractivity contribution in [3.8, 4) is 0 Å². The highest BCUT2D eigenvalue weighted by atomic mass is 14.7. The summed E-state index contributed by atoms with van der Waals surface area (Å²) in [6.45, 7) is 2.33. The molecule has 0 radical (unpaired) electrons. The lowest BCUT2D eigenvalue weighted by molar-refractivity contribution is 0.222. The predicted molar refractivity (Wildman–Crippen MR) is 81.2 cm³/mol. The van der Waals surface area contributed by atoms with E-state index < -0.39 is 0 Å². The van der Waals surface area contributed by atoms with Crippen LogP contribution < -0.4 is 5.73 Å². The second-order valence-corrected chi connectivity index (χ2v) is 6.61. The van der Waals surface area contributed by atoms with E-state index in [0.717, 1.165) is 11.8 Å². The maximum Gasteiger partial charge on any atom is 0.0136 e. The zero-order valence-corrected chi connectivity index (χ0v) is 12.1.